The van der Waals surface area contributed by atoms with Crippen LogP contribution in [-0.2, 0) is 19.1 Å². The third-order valence-electron chi connectivity index (χ3n) is 9.31. The van der Waals surface area contributed by atoms with Crippen molar-refractivity contribution < 1.29 is 24.2 Å². The largest absolute Gasteiger partial charge is 0.477 e. The number of carboxylic acid groups (broad SMARTS) is 1. The van der Waals surface area contributed by atoms with E-state index in [2.05, 4.69) is 11.8 Å². The Morgan fingerprint density at radius 2 is 1.36 bits per heavy atom. The number of nitrogens with zero attached hydrogens (tertiary/aromatic N) is 1. The highest BCUT2D eigenvalue weighted by atomic mass is 16.7. The first-order chi connectivity index (χ1) is 19.1. The van der Waals surface area contributed by atoms with Crippen LogP contribution in [0.25, 0.3) is 0 Å². The number of rotatable bonds is 20. The molecule has 2 unspecified atom stereocenters. The minimum atomic E-state index is -1.54. The van der Waals surface area contributed by atoms with Gasteiger partial charge in [-0.1, -0.05) is 116 Å². The van der Waals surface area contributed by atoms with E-state index in [1.54, 1.807) is 6.08 Å². The van der Waals surface area contributed by atoms with Crippen LogP contribution in [0.3, 0.4) is 0 Å². The van der Waals surface area contributed by atoms with Crippen molar-refractivity contribution in [1.82, 2.24) is 4.90 Å². The molecule has 1 aliphatic heterocycles. The molecular formula is C33H57NO5. The van der Waals surface area contributed by atoms with Crippen LogP contribution in [0.15, 0.2) is 12.0 Å². The predicted octanol–water partition coefficient (Wildman–Crippen LogP) is 8.53. The maximum atomic E-state index is 13.1. The van der Waals surface area contributed by atoms with E-state index in [4.69, 9.17) is 9.47 Å². The molecular weight excluding hydrogens is 490 g/mol. The van der Waals surface area contributed by atoms with Crippen molar-refractivity contribution in [3.05, 3.63) is 12.0 Å². The molecule has 6 nitrogen and oxygen atoms in total. The average molecular weight is 548 g/mol. The average Bonchev–Trinajstić information content (AvgIpc) is 3.31. The van der Waals surface area contributed by atoms with Crippen LogP contribution in [0.5, 0.6) is 0 Å². The van der Waals surface area contributed by atoms with Gasteiger partial charge in [-0.25, -0.2) is 9.69 Å². The minimum absolute atomic E-state index is 0.133. The molecule has 2 fully saturated rings. The number of hydrogen-bond donors (Lipinski definition) is 1. The number of unbranched alkanes of at least 4 members (excludes halogenated alkanes) is 11. The fraction of sp³-hybridized carbons (Fsp3) is 0.879. The van der Waals surface area contributed by atoms with Crippen LogP contribution in [0.2, 0.25) is 0 Å². The molecule has 6 heteroatoms. The second-order valence-corrected chi connectivity index (χ2v) is 12.3. The first-order valence-electron chi connectivity index (χ1n) is 16.6. The van der Waals surface area contributed by atoms with E-state index in [0.29, 0.717) is 12.6 Å². The van der Waals surface area contributed by atoms with E-state index in [1.165, 1.54) is 77.0 Å². The molecule has 0 radical (unpaired) electrons. The fourth-order valence-corrected chi connectivity index (χ4v) is 7.18. The van der Waals surface area contributed by atoms with E-state index < -0.39 is 17.6 Å². The summed E-state index contributed by atoms with van der Waals surface area (Å²) in [5, 5.41) is 10.7. The lowest BCUT2D eigenvalue weighted by Crippen LogP contribution is -2.66. The minimum Gasteiger partial charge on any atom is -0.477 e. The lowest BCUT2D eigenvalue weighted by molar-refractivity contribution is -0.220. The number of carboxylic acids is 1. The molecule has 0 aromatic rings. The molecule has 0 amide bonds. The number of aldehydes is 1. The zero-order valence-corrected chi connectivity index (χ0v) is 24.9. The van der Waals surface area contributed by atoms with Crippen molar-refractivity contribution in [2.45, 2.75) is 172 Å². The SMILES string of the molecule is CCCCCCCCCCCCCCOC1=CC(CC=O)C(C(=O)O)(N(C2CCCCC2)C2CCCCC2)O1. The number of carbonyl (C=O) groups is 2. The Hall–Kier alpha value is -1.56. The Bertz CT molecular complexity index is 710. The molecule has 3 aliphatic rings. The monoisotopic (exact) mass is 547 g/mol. The summed E-state index contributed by atoms with van der Waals surface area (Å²) in [7, 11) is 0. The van der Waals surface area contributed by atoms with Gasteiger partial charge in [-0.05, 0) is 32.1 Å². The van der Waals surface area contributed by atoms with Crippen LogP contribution in [0, 0.1) is 5.92 Å². The first kappa shape index (κ1) is 32.0. The summed E-state index contributed by atoms with van der Waals surface area (Å²) in [6, 6.07) is 0.354. The Morgan fingerprint density at radius 3 is 1.82 bits per heavy atom. The van der Waals surface area contributed by atoms with E-state index in [1.807, 2.05) is 0 Å². The number of aliphatic carboxylic acids is 1. The third kappa shape index (κ3) is 9.50. The lowest BCUT2D eigenvalue weighted by atomic mass is 9.82. The zero-order valence-electron chi connectivity index (χ0n) is 24.9. The van der Waals surface area contributed by atoms with Crippen molar-refractivity contribution >= 4 is 12.3 Å². The molecule has 3 rings (SSSR count). The molecule has 0 saturated heterocycles. The van der Waals surface area contributed by atoms with Gasteiger partial charge in [0, 0.05) is 24.6 Å². The molecule has 2 aliphatic carbocycles. The molecule has 0 aromatic carbocycles. The highest BCUT2D eigenvalue weighted by Crippen LogP contribution is 2.45. The highest BCUT2D eigenvalue weighted by molar-refractivity contribution is 5.79. The lowest BCUT2D eigenvalue weighted by Gasteiger charge is -2.50. The second-order valence-electron chi connectivity index (χ2n) is 12.3. The second kappa shape index (κ2) is 18.0. The summed E-state index contributed by atoms with van der Waals surface area (Å²) in [5.74, 6) is -1.21. The number of carbonyl (C=O) groups excluding carboxylic acids is 1. The molecule has 2 saturated carbocycles. The van der Waals surface area contributed by atoms with Gasteiger partial charge in [-0.3, -0.25) is 0 Å². The molecule has 0 spiro atoms. The van der Waals surface area contributed by atoms with Gasteiger partial charge < -0.3 is 19.4 Å². The Balaban J connectivity index is 1.50. The van der Waals surface area contributed by atoms with Gasteiger partial charge in [0.2, 0.25) is 0 Å². The van der Waals surface area contributed by atoms with Crippen molar-refractivity contribution in [1.29, 1.82) is 0 Å². The molecule has 224 valence electrons. The van der Waals surface area contributed by atoms with Gasteiger partial charge in [-0.15, -0.1) is 0 Å². The van der Waals surface area contributed by atoms with E-state index >= 15 is 0 Å². The van der Waals surface area contributed by atoms with Gasteiger partial charge in [0.1, 0.15) is 6.29 Å². The Kier molecular flexibility index (Phi) is 14.7. The van der Waals surface area contributed by atoms with Crippen molar-refractivity contribution in [3.8, 4) is 0 Å². The molecule has 1 heterocycles. The van der Waals surface area contributed by atoms with Crippen LogP contribution >= 0.6 is 0 Å². The maximum Gasteiger partial charge on any atom is 0.364 e. The van der Waals surface area contributed by atoms with Gasteiger partial charge in [-0.2, -0.15) is 0 Å². The summed E-state index contributed by atoms with van der Waals surface area (Å²) >= 11 is 0. The molecule has 39 heavy (non-hydrogen) atoms. The van der Waals surface area contributed by atoms with E-state index in [0.717, 1.165) is 70.5 Å². The first-order valence-corrected chi connectivity index (χ1v) is 16.6. The summed E-state index contributed by atoms with van der Waals surface area (Å²) in [6.45, 7) is 2.79. The van der Waals surface area contributed by atoms with Gasteiger partial charge in [0.25, 0.3) is 11.7 Å². The standard InChI is InChI=1S/C33H57NO5/c1-2-3-4-5-6-7-8-9-10-11-12-19-26-38-31-27-28(24-25-35)33(39-31,32(36)37)34(29-20-15-13-16-21-29)30-22-17-14-18-23-30/h25,27-30H,2-24,26H2,1H3,(H,36,37). The molecule has 2 atom stereocenters. The number of ether oxygens (including phenoxy) is 2. The third-order valence-corrected chi connectivity index (χ3v) is 9.31. The highest BCUT2D eigenvalue weighted by Gasteiger charge is 2.60. The quantitative estimate of drug-likeness (QED) is 0.122. The van der Waals surface area contributed by atoms with Gasteiger partial charge >= 0.3 is 5.97 Å². The fourth-order valence-electron chi connectivity index (χ4n) is 7.18. The normalized spacial score (nSPS) is 24.5. The van der Waals surface area contributed by atoms with Gasteiger partial charge in [0.15, 0.2) is 0 Å². The van der Waals surface area contributed by atoms with Crippen molar-refractivity contribution in [2.75, 3.05) is 6.61 Å². The smallest absolute Gasteiger partial charge is 0.364 e. The van der Waals surface area contributed by atoms with E-state index in [9.17, 15) is 14.7 Å². The topological polar surface area (TPSA) is 76.1 Å². The van der Waals surface area contributed by atoms with Crippen LogP contribution in [0.4, 0.5) is 0 Å². The molecule has 0 bridgehead atoms. The summed E-state index contributed by atoms with van der Waals surface area (Å²) in [5.41, 5.74) is -1.54. The van der Waals surface area contributed by atoms with Crippen LogP contribution in [-0.4, -0.2) is 46.7 Å². The summed E-state index contributed by atoms with van der Waals surface area (Å²) in [6.07, 6.45) is 29.1. The molecule has 0 aromatic heterocycles. The summed E-state index contributed by atoms with van der Waals surface area (Å²) in [4.78, 5) is 27.0. The zero-order chi connectivity index (χ0) is 27.8. The van der Waals surface area contributed by atoms with E-state index in [-0.39, 0.29) is 18.5 Å². The Morgan fingerprint density at radius 1 is 0.872 bits per heavy atom. The van der Waals surface area contributed by atoms with Crippen molar-refractivity contribution in [3.63, 3.8) is 0 Å². The molecule has 1 N–H and O–H groups in total. The number of hydrogen-bond acceptors (Lipinski definition) is 5. The van der Waals surface area contributed by atoms with Crippen LogP contribution < -0.4 is 0 Å². The van der Waals surface area contributed by atoms with Gasteiger partial charge in [0.05, 0.1) is 12.5 Å². The predicted molar refractivity (Wildman–Crippen MR) is 156 cm³/mol. The maximum absolute atomic E-state index is 13.1. The Labute approximate surface area is 238 Å². The van der Waals surface area contributed by atoms with Crippen LogP contribution in [0.1, 0.15) is 155 Å². The van der Waals surface area contributed by atoms with Crippen molar-refractivity contribution in [2.24, 2.45) is 5.92 Å². The summed E-state index contributed by atoms with van der Waals surface area (Å²) < 4.78 is 12.4.